The van der Waals surface area contributed by atoms with E-state index in [2.05, 4.69) is 27.2 Å². The quantitative estimate of drug-likeness (QED) is 0.394. The number of allylic oxidation sites excluding steroid dienone is 1. The number of carbonyl (C=O) groups excluding carboxylic acids is 1. The van der Waals surface area contributed by atoms with Gasteiger partial charge in [-0.05, 0) is 37.5 Å². The Labute approximate surface area is 163 Å². The van der Waals surface area contributed by atoms with Gasteiger partial charge in [-0.2, -0.15) is 0 Å². The van der Waals surface area contributed by atoms with Crippen molar-refractivity contribution in [3.63, 3.8) is 0 Å². The Morgan fingerprint density at radius 2 is 2.26 bits per heavy atom. The molecule has 0 saturated heterocycles. The second-order valence-electron chi connectivity index (χ2n) is 6.64. The summed E-state index contributed by atoms with van der Waals surface area (Å²) in [5.74, 6) is 0.870. The molecule has 0 aromatic carbocycles. The number of aliphatic hydroxyl groups is 1. The number of hydrogen-bond donors (Lipinski definition) is 3. The summed E-state index contributed by atoms with van der Waals surface area (Å²) in [6, 6.07) is 0. The predicted octanol–water partition coefficient (Wildman–Crippen LogP) is 2.91. The summed E-state index contributed by atoms with van der Waals surface area (Å²) in [5, 5.41) is 17.3. The molecule has 1 aromatic heterocycles. The first kappa shape index (κ1) is 19.6. The van der Waals surface area contributed by atoms with Gasteiger partial charge in [0.25, 0.3) is 5.91 Å². The van der Waals surface area contributed by atoms with E-state index in [1.807, 2.05) is 13.2 Å². The van der Waals surface area contributed by atoms with Crippen molar-refractivity contribution in [3.05, 3.63) is 35.7 Å². The molecule has 0 unspecified atom stereocenters. The van der Waals surface area contributed by atoms with Crippen molar-refractivity contribution in [2.24, 2.45) is 4.99 Å². The fourth-order valence-corrected chi connectivity index (χ4v) is 3.71. The number of aliphatic imine (C=N–C) groups is 1. The summed E-state index contributed by atoms with van der Waals surface area (Å²) < 4.78 is 0. The van der Waals surface area contributed by atoms with Crippen molar-refractivity contribution in [2.45, 2.75) is 49.8 Å². The molecule has 144 valence electrons. The zero-order valence-electron chi connectivity index (χ0n) is 15.7. The normalized spacial score (nSPS) is 21.5. The maximum atomic E-state index is 12.4. The summed E-state index contributed by atoms with van der Waals surface area (Å²) in [7, 11) is 0. The summed E-state index contributed by atoms with van der Waals surface area (Å²) in [6.45, 7) is 5.95. The Kier molecular flexibility index (Phi) is 5.96. The second-order valence-corrected chi connectivity index (χ2v) is 7.41. The number of aromatic nitrogens is 2. The third-order valence-electron chi connectivity index (χ3n) is 4.97. The Balaban J connectivity index is 1.89. The first-order valence-corrected chi connectivity index (χ1v) is 10.3. The van der Waals surface area contributed by atoms with Crippen LogP contribution in [-0.4, -0.2) is 45.2 Å². The maximum absolute atomic E-state index is 12.4. The van der Waals surface area contributed by atoms with Crippen molar-refractivity contribution >= 4 is 29.3 Å². The minimum absolute atomic E-state index is 0.271. The highest BCUT2D eigenvalue weighted by molar-refractivity contribution is 7.98. The Morgan fingerprint density at radius 1 is 1.44 bits per heavy atom. The fourth-order valence-electron chi connectivity index (χ4n) is 3.37. The molecular weight excluding hydrogens is 362 g/mol. The molecule has 0 bridgehead atoms. The van der Waals surface area contributed by atoms with Crippen LogP contribution in [0.5, 0.6) is 0 Å². The molecule has 0 radical (unpaired) electrons. The Hall–Kier alpha value is -2.19. The maximum Gasteiger partial charge on any atom is 0.256 e. The number of carbonyl (C=O) groups is 1. The summed E-state index contributed by atoms with van der Waals surface area (Å²) in [5.41, 5.74) is 1.54. The molecule has 1 amide bonds. The van der Waals surface area contributed by atoms with Crippen LogP contribution < -0.4 is 10.6 Å². The lowest BCUT2D eigenvalue weighted by molar-refractivity contribution is 0.0741. The van der Waals surface area contributed by atoms with Gasteiger partial charge in [0.1, 0.15) is 22.8 Å². The van der Waals surface area contributed by atoms with E-state index in [1.54, 1.807) is 6.08 Å². The molecule has 27 heavy (non-hydrogen) atoms. The van der Waals surface area contributed by atoms with Gasteiger partial charge in [-0.3, -0.25) is 4.79 Å². The fraction of sp³-hybridized carbons (Fsp3) is 0.474. The zero-order valence-corrected chi connectivity index (χ0v) is 16.5. The first-order chi connectivity index (χ1) is 13.0. The lowest BCUT2D eigenvalue weighted by atomic mass is 9.96. The van der Waals surface area contributed by atoms with Gasteiger partial charge in [0.2, 0.25) is 0 Å². The van der Waals surface area contributed by atoms with Crippen molar-refractivity contribution in [1.29, 1.82) is 0 Å². The van der Waals surface area contributed by atoms with Gasteiger partial charge in [-0.1, -0.05) is 24.8 Å². The molecule has 3 rings (SSSR count). The van der Waals surface area contributed by atoms with Crippen LogP contribution in [0.15, 0.2) is 40.3 Å². The van der Waals surface area contributed by atoms with Gasteiger partial charge in [0, 0.05) is 19.2 Å². The van der Waals surface area contributed by atoms with Crippen LogP contribution in [0.3, 0.4) is 0 Å². The second kappa shape index (κ2) is 8.22. The summed E-state index contributed by atoms with van der Waals surface area (Å²) >= 11 is 1.40. The number of nitrogens with one attached hydrogen (secondary N) is 2. The van der Waals surface area contributed by atoms with E-state index in [4.69, 9.17) is 4.99 Å². The molecule has 7 nitrogen and oxygen atoms in total. The number of anilines is 1. The van der Waals surface area contributed by atoms with E-state index >= 15 is 0 Å². The van der Waals surface area contributed by atoms with E-state index in [1.165, 1.54) is 23.5 Å². The van der Waals surface area contributed by atoms with Gasteiger partial charge in [-0.25, -0.2) is 15.0 Å². The van der Waals surface area contributed by atoms with Crippen LogP contribution in [0.25, 0.3) is 0 Å². The van der Waals surface area contributed by atoms with E-state index in [9.17, 15) is 9.90 Å². The third-order valence-corrected chi connectivity index (χ3v) is 5.54. The topological polar surface area (TPSA) is 99.5 Å². The minimum atomic E-state index is -0.844. The first-order valence-electron chi connectivity index (χ1n) is 9.10. The average molecular weight is 388 g/mol. The molecule has 2 heterocycles. The standard InChI is InChI=1S/C19H25N5O2S/c1-4-10-20-17(25)13-11-21-18(27-3)24-16(13)23-14-7-6-12-8-9-19(26,5-2)15(12)22-14/h4,11,26H,1,5-10H2,2-3H3,(H,20,25)(H,21,22,23,24)/t19-/m1/s1. The molecule has 0 spiro atoms. The molecule has 0 fully saturated rings. The number of amidine groups is 1. The van der Waals surface area contributed by atoms with Crippen molar-refractivity contribution in [3.8, 4) is 0 Å². The SMILES string of the molecule is C=CCNC(=O)c1cnc(SC)nc1NC1=NC2=C(CC1)CC[C@]2(O)CC. The molecule has 8 heteroatoms. The highest BCUT2D eigenvalue weighted by atomic mass is 32.2. The Morgan fingerprint density at radius 3 is 2.96 bits per heavy atom. The van der Waals surface area contributed by atoms with Gasteiger partial charge >= 0.3 is 0 Å². The third kappa shape index (κ3) is 4.06. The molecule has 1 aliphatic heterocycles. The van der Waals surface area contributed by atoms with Crippen LogP contribution in [0.1, 0.15) is 49.4 Å². The number of thioether (sulfide) groups is 1. The molecule has 2 aliphatic rings. The Bertz CT molecular complexity index is 820. The average Bonchev–Trinajstić information content (AvgIpc) is 3.03. The van der Waals surface area contributed by atoms with Crippen LogP contribution in [-0.2, 0) is 0 Å². The number of nitrogens with zero attached hydrogens (tertiary/aromatic N) is 3. The number of hydrogen-bond acceptors (Lipinski definition) is 7. The van der Waals surface area contributed by atoms with Gasteiger partial charge in [0.15, 0.2) is 5.16 Å². The molecule has 1 aromatic rings. The van der Waals surface area contributed by atoms with E-state index in [-0.39, 0.29) is 5.91 Å². The van der Waals surface area contributed by atoms with Gasteiger partial charge in [0.05, 0.1) is 5.70 Å². The summed E-state index contributed by atoms with van der Waals surface area (Å²) in [4.78, 5) is 25.8. The van der Waals surface area contributed by atoms with E-state index in [0.717, 1.165) is 31.4 Å². The predicted molar refractivity (Wildman–Crippen MR) is 108 cm³/mol. The lowest BCUT2D eigenvalue weighted by Crippen LogP contribution is -2.29. The molecule has 1 atom stereocenters. The van der Waals surface area contributed by atoms with Crippen LogP contribution in [0, 0.1) is 0 Å². The lowest BCUT2D eigenvalue weighted by Gasteiger charge is -2.25. The highest BCUT2D eigenvalue weighted by Crippen LogP contribution is 2.42. The molecule has 0 saturated carbocycles. The smallest absolute Gasteiger partial charge is 0.256 e. The molecule has 3 N–H and O–H groups in total. The van der Waals surface area contributed by atoms with Crippen molar-refractivity contribution < 1.29 is 9.90 Å². The van der Waals surface area contributed by atoms with Crippen LogP contribution >= 0.6 is 11.8 Å². The van der Waals surface area contributed by atoms with Gasteiger partial charge < -0.3 is 15.7 Å². The zero-order chi connectivity index (χ0) is 19.4. The summed E-state index contributed by atoms with van der Waals surface area (Å²) in [6.07, 6.45) is 8.87. The monoisotopic (exact) mass is 387 g/mol. The highest BCUT2D eigenvalue weighted by Gasteiger charge is 2.39. The van der Waals surface area contributed by atoms with Crippen molar-refractivity contribution in [1.82, 2.24) is 15.3 Å². The molecule has 1 aliphatic carbocycles. The van der Waals surface area contributed by atoms with E-state index < -0.39 is 5.60 Å². The van der Waals surface area contributed by atoms with Crippen LogP contribution in [0.2, 0.25) is 0 Å². The number of amides is 1. The van der Waals surface area contributed by atoms with Crippen LogP contribution in [0.4, 0.5) is 5.82 Å². The minimum Gasteiger partial charge on any atom is -0.384 e. The largest absolute Gasteiger partial charge is 0.384 e. The molecular formula is C19H25N5O2S. The van der Waals surface area contributed by atoms with Gasteiger partial charge in [-0.15, -0.1) is 6.58 Å². The van der Waals surface area contributed by atoms with E-state index in [0.29, 0.717) is 35.3 Å². The number of rotatable bonds is 6. The van der Waals surface area contributed by atoms with Crippen molar-refractivity contribution in [2.75, 3.05) is 18.1 Å².